The lowest BCUT2D eigenvalue weighted by molar-refractivity contribution is -0.115. The molecule has 0 saturated carbocycles. The predicted molar refractivity (Wildman–Crippen MR) is 125 cm³/mol. The van der Waals surface area contributed by atoms with Crippen molar-refractivity contribution in [2.75, 3.05) is 35.2 Å². The second-order valence-electron chi connectivity index (χ2n) is 7.65. The van der Waals surface area contributed by atoms with Crippen LogP contribution in [0.15, 0.2) is 60.7 Å². The third-order valence-corrected chi connectivity index (χ3v) is 5.14. The van der Waals surface area contributed by atoms with Crippen LogP contribution in [0.3, 0.4) is 0 Å². The molecule has 164 valence electrons. The summed E-state index contributed by atoms with van der Waals surface area (Å²) in [6.45, 7) is 3.83. The van der Waals surface area contributed by atoms with Crippen LogP contribution in [0.5, 0.6) is 0 Å². The molecule has 0 atom stereocenters. The Kier molecular flexibility index (Phi) is 6.60. The topological polar surface area (TPSA) is 99.2 Å². The molecule has 1 aliphatic heterocycles. The summed E-state index contributed by atoms with van der Waals surface area (Å²) in [5.41, 5.74) is 2.01. The van der Waals surface area contributed by atoms with E-state index in [4.69, 9.17) is 0 Å². The van der Waals surface area contributed by atoms with Crippen molar-refractivity contribution in [3.05, 3.63) is 72.1 Å². The number of hydrogen-bond acceptors (Lipinski definition) is 6. The molecular formula is C24H26N6O2. The normalized spacial score (nSPS) is 13.0. The van der Waals surface area contributed by atoms with Crippen LogP contribution in [0.4, 0.5) is 23.0 Å². The molecule has 3 aromatic rings. The van der Waals surface area contributed by atoms with E-state index in [1.54, 1.807) is 36.4 Å². The number of aromatic nitrogens is 2. The summed E-state index contributed by atoms with van der Waals surface area (Å²) < 4.78 is 0. The number of rotatable bonds is 7. The van der Waals surface area contributed by atoms with Gasteiger partial charge in [0.1, 0.15) is 17.5 Å². The maximum absolute atomic E-state index is 12.2. The van der Waals surface area contributed by atoms with Crippen LogP contribution >= 0.6 is 0 Å². The van der Waals surface area contributed by atoms with Crippen molar-refractivity contribution in [2.45, 2.75) is 19.8 Å². The van der Waals surface area contributed by atoms with Crippen LogP contribution in [0.2, 0.25) is 0 Å². The van der Waals surface area contributed by atoms with E-state index >= 15 is 0 Å². The minimum absolute atomic E-state index is 0.104. The summed E-state index contributed by atoms with van der Waals surface area (Å²) in [7, 11) is 0. The van der Waals surface area contributed by atoms with Gasteiger partial charge in [-0.3, -0.25) is 9.59 Å². The number of carbonyl (C=O) groups excluding carboxylic acids is 2. The van der Waals surface area contributed by atoms with Crippen LogP contribution in [0.1, 0.15) is 29.0 Å². The summed E-state index contributed by atoms with van der Waals surface area (Å²) in [6.07, 6.45) is 2.38. The van der Waals surface area contributed by atoms with Crippen LogP contribution in [0, 0.1) is 6.92 Å². The fraction of sp³-hybridized carbons (Fsp3) is 0.250. The molecule has 0 radical (unpaired) electrons. The monoisotopic (exact) mass is 430 g/mol. The third kappa shape index (κ3) is 5.60. The molecule has 0 bridgehead atoms. The van der Waals surface area contributed by atoms with E-state index in [1.165, 1.54) is 12.8 Å². The Morgan fingerprint density at radius 1 is 0.938 bits per heavy atom. The molecule has 4 rings (SSSR count). The van der Waals surface area contributed by atoms with Gasteiger partial charge >= 0.3 is 0 Å². The van der Waals surface area contributed by atoms with E-state index in [2.05, 4.69) is 30.8 Å². The van der Waals surface area contributed by atoms with Gasteiger partial charge in [-0.25, -0.2) is 9.97 Å². The van der Waals surface area contributed by atoms with E-state index in [9.17, 15) is 9.59 Å². The Morgan fingerprint density at radius 2 is 1.62 bits per heavy atom. The van der Waals surface area contributed by atoms with Gasteiger partial charge in [0.15, 0.2) is 0 Å². The zero-order chi connectivity index (χ0) is 22.3. The summed E-state index contributed by atoms with van der Waals surface area (Å²) in [5.74, 6) is 1.82. The average molecular weight is 431 g/mol. The van der Waals surface area contributed by atoms with Gasteiger partial charge in [-0.15, -0.1) is 0 Å². The van der Waals surface area contributed by atoms with Gasteiger partial charge in [-0.1, -0.05) is 18.2 Å². The third-order valence-electron chi connectivity index (χ3n) is 5.14. The molecule has 8 heteroatoms. The molecule has 1 aromatic heterocycles. The van der Waals surface area contributed by atoms with Gasteiger partial charge in [0.2, 0.25) is 5.91 Å². The molecule has 0 aliphatic carbocycles. The van der Waals surface area contributed by atoms with Crippen molar-refractivity contribution < 1.29 is 9.59 Å². The predicted octanol–water partition coefficient (Wildman–Crippen LogP) is 3.50. The highest BCUT2D eigenvalue weighted by Gasteiger charge is 2.15. The Bertz CT molecular complexity index is 1080. The fourth-order valence-electron chi connectivity index (χ4n) is 3.57. The van der Waals surface area contributed by atoms with Crippen molar-refractivity contribution in [2.24, 2.45) is 0 Å². The summed E-state index contributed by atoms with van der Waals surface area (Å²) in [4.78, 5) is 35.5. The van der Waals surface area contributed by atoms with Crippen LogP contribution in [-0.2, 0) is 4.79 Å². The van der Waals surface area contributed by atoms with Crippen molar-refractivity contribution in [3.63, 3.8) is 0 Å². The van der Waals surface area contributed by atoms with Crippen LogP contribution in [-0.4, -0.2) is 41.4 Å². The number of aryl methyl sites for hydroxylation is 1. The highest BCUT2D eigenvalue weighted by atomic mass is 16.2. The minimum atomic E-state index is -0.295. The van der Waals surface area contributed by atoms with Gasteiger partial charge in [-0.2, -0.15) is 0 Å². The van der Waals surface area contributed by atoms with Crippen molar-refractivity contribution in [3.8, 4) is 0 Å². The van der Waals surface area contributed by atoms with Crippen molar-refractivity contribution >= 4 is 34.8 Å². The molecule has 2 aromatic carbocycles. The van der Waals surface area contributed by atoms with Crippen LogP contribution < -0.4 is 20.9 Å². The number of anilines is 4. The maximum atomic E-state index is 12.2. The van der Waals surface area contributed by atoms with E-state index in [0.717, 1.165) is 36.2 Å². The largest absolute Gasteiger partial charge is 0.356 e. The molecular weight excluding hydrogens is 404 g/mol. The fourth-order valence-corrected chi connectivity index (χ4v) is 3.57. The molecule has 0 unspecified atom stereocenters. The number of nitrogens with one attached hydrogen (secondary N) is 3. The first-order valence-corrected chi connectivity index (χ1v) is 10.7. The molecule has 1 aliphatic rings. The lowest BCUT2D eigenvalue weighted by atomic mass is 10.2. The van der Waals surface area contributed by atoms with Crippen LogP contribution in [0.25, 0.3) is 0 Å². The quantitative estimate of drug-likeness (QED) is 0.531. The van der Waals surface area contributed by atoms with E-state index < -0.39 is 0 Å². The molecule has 2 heterocycles. The lowest BCUT2D eigenvalue weighted by Gasteiger charge is -2.18. The Balaban J connectivity index is 1.31. The molecule has 32 heavy (non-hydrogen) atoms. The van der Waals surface area contributed by atoms with Gasteiger partial charge in [-0.05, 0) is 56.2 Å². The zero-order valence-corrected chi connectivity index (χ0v) is 18.0. The van der Waals surface area contributed by atoms with Gasteiger partial charge < -0.3 is 20.9 Å². The number of hydrogen-bond donors (Lipinski definition) is 3. The summed E-state index contributed by atoms with van der Waals surface area (Å²) in [6, 6.07) is 18.1. The second kappa shape index (κ2) is 9.91. The molecule has 2 amide bonds. The smallest absolute Gasteiger partial charge is 0.251 e. The molecule has 8 nitrogen and oxygen atoms in total. The van der Waals surface area contributed by atoms with Gasteiger partial charge in [0, 0.05) is 36.1 Å². The number of nitrogens with zero attached hydrogens (tertiary/aromatic N) is 3. The minimum Gasteiger partial charge on any atom is -0.356 e. The SMILES string of the molecule is Cc1nc(Nc2ccc(NC(=O)CNC(=O)c3ccccc3)cc2)cc(N2CCCC2)n1. The summed E-state index contributed by atoms with van der Waals surface area (Å²) in [5, 5.41) is 8.70. The number of benzene rings is 2. The van der Waals surface area contributed by atoms with Gasteiger partial charge in [0.05, 0.1) is 6.54 Å². The van der Waals surface area contributed by atoms with E-state index in [0.29, 0.717) is 11.3 Å². The first-order chi connectivity index (χ1) is 15.6. The zero-order valence-electron chi connectivity index (χ0n) is 18.0. The van der Waals surface area contributed by atoms with Crippen molar-refractivity contribution in [1.29, 1.82) is 0 Å². The Hall–Kier alpha value is -3.94. The highest BCUT2D eigenvalue weighted by Crippen LogP contribution is 2.23. The average Bonchev–Trinajstić information content (AvgIpc) is 3.34. The molecule has 1 saturated heterocycles. The Morgan fingerprint density at radius 3 is 2.34 bits per heavy atom. The van der Waals surface area contributed by atoms with E-state index in [-0.39, 0.29) is 18.4 Å². The lowest BCUT2D eigenvalue weighted by Crippen LogP contribution is -2.32. The van der Waals surface area contributed by atoms with Crippen molar-refractivity contribution in [1.82, 2.24) is 15.3 Å². The first kappa shape index (κ1) is 21.3. The second-order valence-corrected chi connectivity index (χ2v) is 7.65. The molecule has 0 spiro atoms. The first-order valence-electron chi connectivity index (χ1n) is 10.7. The molecule has 3 N–H and O–H groups in total. The summed E-state index contributed by atoms with van der Waals surface area (Å²) >= 11 is 0. The Labute approximate surface area is 187 Å². The number of carbonyl (C=O) groups is 2. The number of amides is 2. The molecule has 1 fully saturated rings. The highest BCUT2D eigenvalue weighted by molar-refractivity contribution is 5.99. The van der Waals surface area contributed by atoms with Gasteiger partial charge in [0.25, 0.3) is 5.91 Å². The maximum Gasteiger partial charge on any atom is 0.251 e. The standard InChI is InChI=1S/C24H26N6O2/c1-17-26-21(15-22(27-17)30-13-5-6-14-30)28-19-9-11-20(12-10-19)29-23(31)16-25-24(32)18-7-3-2-4-8-18/h2-4,7-12,15H,5-6,13-14,16H2,1H3,(H,25,32)(H,29,31)(H,26,27,28). The van der Waals surface area contributed by atoms with E-state index in [1.807, 2.05) is 31.2 Å².